The van der Waals surface area contributed by atoms with Crippen molar-refractivity contribution in [1.29, 1.82) is 0 Å². The lowest BCUT2D eigenvalue weighted by molar-refractivity contribution is -0.123. The fourth-order valence-electron chi connectivity index (χ4n) is 1.26. The minimum atomic E-state index is -0.954. The molecular weight excluding hydrogens is 216 g/mol. The van der Waals surface area contributed by atoms with Gasteiger partial charge in [0, 0.05) is 0 Å². The molecule has 0 aromatic carbocycles. The van der Waals surface area contributed by atoms with E-state index < -0.39 is 19.9 Å². The van der Waals surface area contributed by atoms with Crippen LogP contribution in [0, 0.1) is 5.41 Å². The molecule has 83 valence electrons. The molecule has 14 heavy (non-hydrogen) atoms. The zero-order valence-electron chi connectivity index (χ0n) is 9.90. The molecule has 0 aromatic heterocycles. The average Bonchev–Trinajstić information content (AvgIpc) is 1.79. The molecule has 0 aliphatic carbocycles. The van der Waals surface area contributed by atoms with Crippen molar-refractivity contribution in [3.63, 3.8) is 0 Å². The molecule has 0 saturated carbocycles. The van der Waals surface area contributed by atoms with E-state index in [4.69, 9.17) is 16.0 Å². The monoisotopic (exact) mass is 235 g/mol. The number of rotatable bonds is 4. The number of halogens is 1. The van der Waals surface area contributed by atoms with Gasteiger partial charge in [-0.05, 0) is 43.5 Å². The Morgan fingerprint density at radius 1 is 1.29 bits per heavy atom. The Kier molecular flexibility index (Phi) is 4.82. The van der Waals surface area contributed by atoms with Gasteiger partial charge in [0.25, 0.3) is 5.24 Å². The number of hydrogen-bond donors (Lipinski definition) is 0. The van der Waals surface area contributed by atoms with Crippen molar-refractivity contribution < 1.29 is 9.22 Å². The molecule has 0 saturated heterocycles. The highest BCUT2D eigenvalue weighted by atomic mass is 35.5. The zero-order chi connectivity index (χ0) is 11.6. The van der Waals surface area contributed by atoms with Crippen molar-refractivity contribution in [2.75, 3.05) is 0 Å². The smallest absolute Gasteiger partial charge is 0.251 e. The fourth-order valence-corrected chi connectivity index (χ4v) is 3.89. The Morgan fingerprint density at radius 2 is 1.71 bits per heavy atom. The second-order valence-corrected chi connectivity index (χ2v) is 7.63. The van der Waals surface area contributed by atoms with Gasteiger partial charge in [0.2, 0.25) is 9.04 Å². The summed E-state index contributed by atoms with van der Waals surface area (Å²) >= 11 is 5.44. The molecule has 1 radical (unpaired) electrons. The topological polar surface area (TPSA) is 26.3 Å². The SMILES string of the molecule is C[Si](CC(C)(C)C)OC(C)(C)C(=O)Cl. The van der Waals surface area contributed by atoms with E-state index >= 15 is 0 Å². The first-order chi connectivity index (χ1) is 6.04. The first kappa shape index (κ1) is 14.1. The molecule has 0 N–H and O–H groups in total. The molecule has 0 spiro atoms. The number of hydrogen-bond acceptors (Lipinski definition) is 2. The molecule has 0 heterocycles. The van der Waals surface area contributed by atoms with Crippen LogP contribution in [0.1, 0.15) is 34.6 Å². The van der Waals surface area contributed by atoms with Crippen molar-refractivity contribution >= 4 is 25.9 Å². The molecule has 0 fully saturated rings. The van der Waals surface area contributed by atoms with Gasteiger partial charge in [0.05, 0.1) is 0 Å². The summed E-state index contributed by atoms with van der Waals surface area (Å²) in [6.07, 6.45) is 0. The Bertz CT molecular complexity index is 209. The standard InChI is InChI=1S/C10H20ClO2Si/c1-9(2,3)7-14(6)13-10(4,5)8(11)12/h7H2,1-6H3. The Hall–Kier alpha value is 0.137. The largest absolute Gasteiger partial charge is 0.404 e. The zero-order valence-corrected chi connectivity index (χ0v) is 11.7. The third-order valence-electron chi connectivity index (χ3n) is 1.68. The van der Waals surface area contributed by atoms with Crippen molar-refractivity contribution in [2.45, 2.75) is 52.8 Å². The van der Waals surface area contributed by atoms with E-state index in [1.54, 1.807) is 13.8 Å². The molecule has 0 aliphatic rings. The van der Waals surface area contributed by atoms with Gasteiger partial charge in [-0.25, -0.2) is 0 Å². The van der Waals surface area contributed by atoms with Crippen LogP contribution in [0.25, 0.3) is 0 Å². The maximum absolute atomic E-state index is 11.0. The van der Waals surface area contributed by atoms with E-state index in [9.17, 15) is 4.79 Å². The predicted molar refractivity (Wildman–Crippen MR) is 61.9 cm³/mol. The summed E-state index contributed by atoms with van der Waals surface area (Å²) in [6.45, 7) is 12.0. The minimum absolute atomic E-state index is 0.245. The maximum atomic E-state index is 11.0. The van der Waals surface area contributed by atoms with Crippen molar-refractivity contribution in [3.05, 3.63) is 0 Å². The molecule has 0 atom stereocenters. The lowest BCUT2D eigenvalue weighted by Crippen LogP contribution is -2.38. The van der Waals surface area contributed by atoms with Crippen LogP contribution in [-0.2, 0) is 9.22 Å². The molecule has 0 aromatic rings. The predicted octanol–water partition coefficient (Wildman–Crippen LogP) is 3.21. The van der Waals surface area contributed by atoms with E-state index in [1.165, 1.54) is 0 Å². The first-order valence-electron chi connectivity index (χ1n) is 4.76. The summed E-state index contributed by atoms with van der Waals surface area (Å²) in [5.74, 6) is 0. The third kappa shape index (κ3) is 5.78. The van der Waals surface area contributed by atoms with E-state index in [1.807, 2.05) is 0 Å². The number of carbonyl (C=O) groups excluding carboxylic acids is 1. The molecular formula is C10H20ClO2Si. The molecule has 0 bridgehead atoms. The molecule has 0 amide bonds. The van der Waals surface area contributed by atoms with Gasteiger partial charge in [-0.2, -0.15) is 0 Å². The summed E-state index contributed by atoms with van der Waals surface area (Å²) in [5, 5.41) is -0.421. The highest BCUT2D eigenvalue weighted by Gasteiger charge is 2.30. The van der Waals surface area contributed by atoms with E-state index in [0.29, 0.717) is 0 Å². The lowest BCUT2D eigenvalue weighted by atomic mass is 10.0. The van der Waals surface area contributed by atoms with Crippen molar-refractivity contribution in [2.24, 2.45) is 5.41 Å². The van der Waals surface area contributed by atoms with Gasteiger partial charge in [0.15, 0.2) is 0 Å². The molecule has 4 heteroatoms. The summed E-state index contributed by atoms with van der Waals surface area (Å²) in [7, 11) is -0.954. The van der Waals surface area contributed by atoms with Crippen LogP contribution in [0.2, 0.25) is 12.6 Å². The van der Waals surface area contributed by atoms with Crippen LogP contribution < -0.4 is 0 Å². The van der Waals surface area contributed by atoms with Crippen LogP contribution >= 0.6 is 11.6 Å². The van der Waals surface area contributed by atoms with Gasteiger partial charge in [-0.1, -0.05) is 20.8 Å². The average molecular weight is 236 g/mol. The van der Waals surface area contributed by atoms with Crippen molar-refractivity contribution in [1.82, 2.24) is 0 Å². The Balaban J connectivity index is 4.19. The molecule has 0 rings (SSSR count). The summed E-state index contributed by atoms with van der Waals surface area (Å²) in [4.78, 5) is 11.0. The molecule has 2 nitrogen and oxygen atoms in total. The van der Waals surface area contributed by atoms with E-state index in [-0.39, 0.29) is 5.41 Å². The van der Waals surface area contributed by atoms with Crippen LogP contribution in [0.3, 0.4) is 0 Å². The number of carbonyl (C=O) groups is 1. The first-order valence-corrected chi connectivity index (χ1v) is 7.25. The van der Waals surface area contributed by atoms with E-state index in [0.717, 1.165) is 6.04 Å². The highest BCUT2D eigenvalue weighted by Crippen LogP contribution is 2.25. The van der Waals surface area contributed by atoms with Crippen LogP contribution in [0.4, 0.5) is 0 Å². The lowest BCUT2D eigenvalue weighted by Gasteiger charge is -2.28. The van der Waals surface area contributed by atoms with Gasteiger partial charge in [-0.3, -0.25) is 4.79 Å². The third-order valence-corrected chi connectivity index (χ3v) is 4.55. The molecule has 0 unspecified atom stereocenters. The van der Waals surface area contributed by atoms with Crippen LogP contribution in [0.5, 0.6) is 0 Å². The van der Waals surface area contributed by atoms with Crippen molar-refractivity contribution in [3.8, 4) is 0 Å². The van der Waals surface area contributed by atoms with Gasteiger partial charge < -0.3 is 4.43 Å². The second-order valence-electron chi connectivity index (χ2n) is 5.33. The summed E-state index contributed by atoms with van der Waals surface area (Å²) in [6, 6.07) is 1.01. The van der Waals surface area contributed by atoms with Gasteiger partial charge >= 0.3 is 0 Å². The highest BCUT2D eigenvalue weighted by molar-refractivity contribution is 6.66. The Morgan fingerprint density at radius 3 is 2.00 bits per heavy atom. The minimum Gasteiger partial charge on any atom is -0.404 e. The normalized spacial score (nSPS) is 13.4. The quantitative estimate of drug-likeness (QED) is 0.553. The molecule has 0 aliphatic heterocycles. The summed E-state index contributed by atoms with van der Waals surface area (Å²) in [5.41, 5.74) is -0.593. The van der Waals surface area contributed by atoms with E-state index in [2.05, 4.69) is 27.3 Å². The fraction of sp³-hybridized carbons (Fsp3) is 0.900. The van der Waals surface area contributed by atoms with Gasteiger partial charge in [-0.15, -0.1) is 0 Å². The maximum Gasteiger partial charge on any atom is 0.251 e. The Labute approximate surface area is 93.7 Å². The van der Waals surface area contributed by atoms with Gasteiger partial charge in [0.1, 0.15) is 5.60 Å². The van der Waals surface area contributed by atoms with Crippen LogP contribution in [-0.4, -0.2) is 19.9 Å². The van der Waals surface area contributed by atoms with Crippen LogP contribution in [0.15, 0.2) is 0 Å². The summed E-state index contributed by atoms with van der Waals surface area (Å²) < 4.78 is 5.70. The second kappa shape index (κ2) is 4.77.